The lowest BCUT2D eigenvalue weighted by Gasteiger charge is -2.25. The van der Waals surface area contributed by atoms with Gasteiger partial charge in [0, 0.05) is 24.8 Å². The fourth-order valence-electron chi connectivity index (χ4n) is 2.12. The maximum atomic E-state index is 6.04. The molecule has 20 heavy (non-hydrogen) atoms. The summed E-state index contributed by atoms with van der Waals surface area (Å²) in [6.45, 7) is 5.10. The predicted octanol–water partition coefficient (Wildman–Crippen LogP) is 3.92. The van der Waals surface area contributed by atoms with Crippen molar-refractivity contribution < 1.29 is 0 Å². The monoisotopic (exact) mass is 268 g/mol. The van der Waals surface area contributed by atoms with E-state index in [1.807, 2.05) is 6.07 Å². The van der Waals surface area contributed by atoms with Crippen LogP contribution in [0.3, 0.4) is 0 Å². The van der Waals surface area contributed by atoms with Crippen LogP contribution >= 0.6 is 0 Å². The van der Waals surface area contributed by atoms with E-state index in [0.29, 0.717) is 0 Å². The molecule has 0 saturated carbocycles. The van der Waals surface area contributed by atoms with E-state index in [0.717, 1.165) is 13.0 Å². The number of rotatable bonds is 5. The van der Waals surface area contributed by atoms with Gasteiger partial charge in [-0.05, 0) is 43.5 Å². The highest BCUT2D eigenvalue weighted by atomic mass is 15.1. The fourth-order valence-corrected chi connectivity index (χ4v) is 2.12. The van der Waals surface area contributed by atoms with E-state index in [1.54, 1.807) is 0 Å². The van der Waals surface area contributed by atoms with Gasteiger partial charge < -0.3 is 10.6 Å². The van der Waals surface area contributed by atoms with Gasteiger partial charge in [-0.25, -0.2) is 0 Å². The first-order chi connectivity index (χ1) is 9.46. The Morgan fingerprint density at radius 3 is 2.00 bits per heavy atom. The van der Waals surface area contributed by atoms with Crippen LogP contribution in [0.4, 0.5) is 5.69 Å². The van der Waals surface area contributed by atoms with E-state index in [-0.39, 0.29) is 5.54 Å². The van der Waals surface area contributed by atoms with Gasteiger partial charge in [-0.1, -0.05) is 42.5 Å². The highest BCUT2D eigenvalue weighted by Gasteiger charge is 2.12. The summed E-state index contributed by atoms with van der Waals surface area (Å²) in [4.78, 5) is 2.25. The second kappa shape index (κ2) is 6.10. The third kappa shape index (κ3) is 4.10. The molecule has 0 aliphatic carbocycles. The molecule has 0 bridgehead atoms. The number of nitrogens with two attached hydrogens (primary N) is 1. The van der Waals surface area contributed by atoms with Crippen LogP contribution in [0.15, 0.2) is 54.6 Å². The Hall–Kier alpha value is -1.80. The Labute approximate surface area is 122 Å². The van der Waals surface area contributed by atoms with Crippen molar-refractivity contribution in [2.45, 2.75) is 25.8 Å². The molecule has 0 spiro atoms. The molecule has 2 aromatic carbocycles. The van der Waals surface area contributed by atoms with E-state index in [9.17, 15) is 0 Å². The summed E-state index contributed by atoms with van der Waals surface area (Å²) in [6, 6.07) is 19.1. The molecule has 0 atom stereocenters. The topological polar surface area (TPSA) is 29.3 Å². The highest BCUT2D eigenvalue weighted by Crippen LogP contribution is 2.22. The van der Waals surface area contributed by atoms with Crippen LogP contribution < -0.4 is 10.6 Å². The molecule has 0 unspecified atom stereocenters. The van der Waals surface area contributed by atoms with E-state index in [4.69, 9.17) is 5.73 Å². The van der Waals surface area contributed by atoms with Gasteiger partial charge in [0.1, 0.15) is 0 Å². The van der Waals surface area contributed by atoms with Gasteiger partial charge in [-0.2, -0.15) is 0 Å². The molecule has 106 valence electrons. The molecular weight excluding hydrogens is 244 g/mol. The van der Waals surface area contributed by atoms with Crippen LogP contribution in [-0.4, -0.2) is 19.1 Å². The number of benzene rings is 2. The lowest BCUT2D eigenvalue weighted by molar-refractivity contribution is 0.479. The van der Waals surface area contributed by atoms with Gasteiger partial charge in [0.2, 0.25) is 0 Å². The number of anilines is 1. The Balaban J connectivity index is 2.05. The van der Waals surface area contributed by atoms with Gasteiger partial charge in [0.25, 0.3) is 0 Å². The molecule has 2 heteroatoms. The van der Waals surface area contributed by atoms with Crippen LogP contribution in [0.2, 0.25) is 0 Å². The van der Waals surface area contributed by atoms with Crippen molar-refractivity contribution in [1.29, 1.82) is 0 Å². The number of nitrogens with zero attached hydrogens (tertiary/aromatic N) is 1. The zero-order valence-corrected chi connectivity index (χ0v) is 12.6. The lowest BCUT2D eigenvalue weighted by Crippen LogP contribution is -2.36. The molecule has 0 radical (unpaired) electrons. The summed E-state index contributed by atoms with van der Waals surface area (Å²) >= 11 is 0. The first-order valence-electron chi connectivity index (χ1n) is 7.11. The van der Waals surface area contributed by atoms with Crippen LogP contribution in [0.1, 0.15) is 20.3 Å². The van der Waals surface area contributed by atoms with E-state index in [2.05, 4.69) is 74.3 Å². The molecule has 0 heterocycles. The lowest BCUT2D eigenvalue weighted by atomic mass is 10.0. The van der Waals surface area contributed by atoms with Crippen molar-refractivity contribution in [3.63, 3.8) is 0 Å². The first kappa shape index (κ1) is 14.6. The van der Waals surface area contributed by atoms with Gasteiger partial charge in [-0.15, -0.1) is 0 Å². The minimum absolute atomic E-state index is 0.113. The second-order valence-corrected chi connectivity index (χ2v) is 6.07. The normalized spacial score (nSPS) is 11.4. The minimum Gasteiger partial charge on any atom is -0.375 e. The highest BCUT2D eigenvalue weighted by molar-refractivity contribution is 5.66. The smallest absolute Gasteiger partial charge is 0.0364 e. The van der Waals surface area contributed by atoms with Gasteiger partial charge in [0.15, 0.2) is 0 Å². The summed E-state index contributed by atoms with van der Waals surface area (Å²) in [7, 11) is 2.11. The van der Waals surface area contributed by atoms with Crippen molar-refractivity contribution in [3.8, 4) is 11.1 Å². The third-order valence-corrected chi connectivity index (χ3v) is 3.51. The Bertz CT molecular complexity index is 524. The van der Waals surface area contributed by atoms with Crippen molar-refractivity contribution in [2.75, 3.05) is 18.5 Å². The minimum atomic E-state index is -0.113. The van der Waals surface area contributed by atoms with Crippen molar-refractivity contribution >= 4 is 5.69 Å². The largest absolute Gasteiger partial charge is 0.375 e. The summed E-state index contributed by atoms with van der Waals surface area (Å²) in [6.07, 6.45) is 0.976. The van der Waals surface area contributed by atoms with Crippen LogP contribution in [0, 0.1) is 0 Å². The zero-order chi connectivity index (χ0) is 14.6. The summed E-state index contributed by atoms with van der Waals surface area (Å²) in [5.41, 5.74) is 9.66. The molecule has 0 saturated heterocycles. The summed E-state index contributed by atoms with van der Waals surface area (Å²) in [5.74, 6) is 0. The third-order valence-electron chi connectivity index (χ3n) is 3.51. The maximum Gasteiger partial charge on any atom is 0.0364 e. The van der Waals surface area contributed by atoms with Gasteiger partial charge >= 0.3 is 0 Å². The van der Waals surface area contributed by atoms with Crippen molar-refractivity contribution in [3.05, 3.63) is 54.6 Å². The molecule has 2 N–H and O–H groups in total. The molecule has 2 nitrogen and oxygen atoms in total. The Kier molecular flexibility index (Phi) is 4.46. The Morgan fingerprint density at radius 1 is 0.900 bits per heavy atom. The van der Waals surface area contributed by atoms with Crippen LogP contribution in [0.25, 0.3) is 11.1 Å². The van der Waals surface area contributed by atoms with Crippen molar-refractivity contribution in [1.82, 2.24) is 0 Å². The predicted molar refractivity (Wildman–Crippen MR) is 88.0 cm³/mol. The fraction of sp³-hybridized carbons (Fsp3) is 0.333. The quantitative estimate of drug-likeness (QED) is 0.890. The van der Waals surface area contributed by atoms with E-state index in [1.165, 1.54) is 16.8 Å². The maximum absolute atomic E-state index is 6.04. The first-order valence-corrected chi connectivity index (χ1v) is 7.11. The molecule has 0 aliphatic heterocycles. The molecule has 2 aromatic rings. The van der Waals surface area contributed by atoms with Gasteiger partial charge in [-0.3, -0.25) is 0 Å². The summed E-state index contributed by atoms with van der Waals surface area (Å²) < 4.78 is 0. The van der Waals surface area contributed by atoms with E-state index < -0.39 is 0 Å². The van der Waals surface area contributed by atoms with Crippen LogP contribution in [0.5, 0.6) is 0 Å². The summed E-state index contributed by atoms with van der Waals surface area (Å²) in [5, 5.41) is 0. The number of hydrogen-bond acceptors (Lipinski definition) is 2. The Morgan fingerprint density at radius 2 is 1.45 bits per heavy atom. The zero-order valence-electron chi connectivity index (χ0n) is 12.6. The standard InChI is InChI=1S/C18H24N2/c1-18(2,19)13-14-20(3)17-11-9-16(10-12-17)15-7-5-4-6-8-15/h4-12H,13-14,19H2,1-3H3. The second-order valence-electron chi connectivity index (χ2n) is 6.07. The number of hydrogen-bond donors (Lipinski definition) is 1. The van der Waals surface area contributed by atoms with E-state index >= 15 is 0 Å². The average molecular weight is 268 g/mol. The molecular formula is C18H24N2. The average Bonchev–Trinajstić information content (AvgIpc) is 2.45. The van der Waals surface area contributed by atoms with Gasteiger partial charge in [0.05, 0.1) is 0 Å². The molecule has 0 amide bonds. The van der Waals surface area contributed by atoms with Crippen molar-refractivity contribution in [2.24, 2.45) is 5.73 Å². The molecule has 0 aliphatic rings. The SMILES string of the molecule is CN(CCC(C)(C)N)c1ccc(-c2ccccc2)cc1. The molecule has 2 rings (SSSR count). The molecule has 0 fully saturated rings. The molecule has 0 aromatic heterocycles. The van der Waals surface area contributed by atoms with Crippen LogP contribution in [-0.2, 0) is 0 Å².